The summed E-state index contributed by atoms with van der Waals surface area (Å²) in [5.74, 6) is 1.80. The summed E-state index contributed by atoms with van der Waals surface area (Å²) in [6.07, 6.45) is 0. The van der Waals surface area contributed by atoms with E-state index in [-0.39, 0.29) is 6.04 Å². The Morgan fingerprint density at radius 1 is 1.00 bits per heavy atom. The third kappa shape index (κ3) is 3.76. The van der Waals surface area contributed by atoms with E-state index in [9.17, 15) is 0 Å². The summed E-state index contributed by atoms with van der Waals surface area (Å²) >= 11 is 0. The molecule has 0 aliphatic rings. The number of rotatable bonds is 7. The molecule has 0 aliphatic heterocycles. The number of hydrogen-bond donors (Lipinski definition) is 1. The summed E-state index contributed by atoms with van der Waals surface area (Å²) in [5.41, 5.74) is 2.34. The third-order valence-electron chi connectivity index (χ3n) is 3.38. The maximum Gasteiger partial charge on any atom is 0.123 e. The van der Waals surface area contributed by atoms with Gasteiger partial charge >= 0.3 is 0 Å². The van der Waals surface area contributed by atoms with Crippen LogP contribution < -0.4 is 14.8 Å². The van der Waals surface area contributed by atoms with Crippen molar-refractivity contribution in [3.63, 3.8) is 0 Å². The second kappa shape index (κ2) is 7.70. The predicted octanol–water partition coefficient (Wildman–Crippen LogP) is 3.79. The van der Waals surface area contributed by atoms with Crippen LogP contribution in [0, 0.1) is 0 Å². The van der Waals surface area contributed by atoms with Crippen LogP contribution in [0.5, 0.6) is 11.5 Å². The molecule has 0 fully saturated rings. The van der Waals surface area contributed by atoms with Crippen molar-refractivity contribution in [1.82, 2.24) is 5.32 Å². The summed E-state index contributed by atoms with van der Waals surface area (Å²) in [6.45, 7) is 5.67. The quantitative estimate of drug-likeness (QED) is 0.839. The molecule has 1 atom stereocenters. The Morgan fingerprint density at radius 3 is 2.33 bits per heavy atom. The zero-order valence-corrected chi connectivity index (χ0v) is 12.9. The smallest absolute Gasteiger partial charge is 0.123 e. The molecule has 0 bridgehead atoms. The monoisotopic (exact) mass is 285 g/mol. The van der Waals surface area contributed by atoms with Crippen LogP contribution in [0.2, 0.25) is 0 Å². The summed E-state index contributed by atoms with van der Waals surface area (Å²) in [5, 5.41) is 3.52. The average Bonchev–Trinajstić information content (AvgIpc) is 2.54. The van der Waals surface area contributed by atoms with E-state index in [1.54, 1.807) is 7.11 Å². The second-order valence-electron chi connectivity index (χ2n) is 4.73. The highest BCUT2D eigenvalue weighted by Gasteiger charge is 2.16. The Kier molecular flexibility index (Phi) is 5.64. The fourth-order valence-electron chi connectivity index (χ4n) is 2.44. The minimum atomic E-state index is 0.113. The van der Waals surface area contributed by atoms with E-state index < -0.39 is 0 Å². The van der Waals surface area contributed by atoms with Gasteiger partial charge in [-0.2, -0.15) is 0 Å². The van der Waals surface area contributed by atoms with Gasteiger partial charge in [0.2, 0.25) is 0 Å². The molecule has 0 aliphatic carbocycles. The van der Waals surface area contributed by atoms with Crippen molar-refractivity contribution in [3.05, 3.63) is 59.7 Å². The maximum atomic E-state index is 5.51. The maximum absolute atomic E-state index is 5.51. The third-order valence-corrected chi connectivity index (χ3v) is 3.38. The number of ether oxygens (including phenoxy) is 2. The van der Waals surface area contributed by atoms with Crippen molar-refractivity contribution in [2.75, 3.05) is 20.3 Å². The first kappa shape index (κ1) is 15.4. The highest BCUT2D eigenvalue weighted by Crippen LogP contribution is 2.30. The van der Waals surface area contributed by atoms with Gasteiger partial charge < -0.3 is 14.8 Å². The van der Waals surface area contributed by atoms with Gasteiger partial charge in [-0.3, -0.25) is 0 Å². The normalized spacial score (nSPS) is 12.0. The van der Waals surface area contributed by atoms with Gasteiger partial charge in [0.15, 0.2) is 0 Å². The van der Waals surface area contributed by atoms with Crippen LogP contribution in [-0.2, 0) is 0 Å². The molecule has 2 rings (SSSR count). The Bertz CT molecular complexity index is 551. The highest BCUT2D eigenvalue weighted by molar-refractivity contribution is 5.42. The minimum Gasteiger partial charge on any atom is -0.496 e. The van der Waals surface area contributed by atoms with Crippen molar-refractivity contribution >= 4 is 0 Å². The van der Waals surface area contributed by atoms with Crippen LogP contribution >= 0.6 is 0 Å². The van der Waals surface area contributed by atoms with E-state index in [2.05, 4.69) is 30.4 Å². The van der Waals surface area contributed by atoms with Crippen LogP contribution in [0.4, 0.5) is 0 Å². The summed E-state index contributed by atoms with van der Waals surface area (Å²) in [7, 11) is 1.71. The molecule has 0 amide bonds. The molecule has 112 valence electrons. The van der Waals surface area contributed by atoms with Gasteiger partial charge in [0.05, 0.1) is 19.8 Å². The van der Waals surface area contributed by atoms with E-state index >= 15 is 0 Å². The van der Waals surface area contributed by atoms with Crippen molar-refractivity contribution in [1.29, 1.82) is 0 Å². The molecule has 0 radical (unpaired) electrons. The molecular weight excluding hydrogens is 262 g/mol. The molecule has 3 nitrogen and oxygen atoms in total. The van der Waals surface area contributed by atoms with Crippen molar-refractivity contribution in [2.45, 2.75) is 19.9 Å². The van der Waals surface area contributed by atoms with Crippen LogP contribution in [0.25, 0.3) is 0 Å². The van der Waals surface area contributed by atoms with Gasteiger partial charge in [-0.1, -0.05) is 37.3 Å². The van der Waals surface area contributed by atoms with Crippen LogP contribution in [-0.4, -0.2) is 20.3 Å². The highest BCUT2D eigenvalue weighted by atomic mass is 16.5. The SMILES string of the molecule is CCNC(c1ccc(OCC)cc1)c1ccccc1OC. The first-order valence-electron chi connectivity index (χ1n) is 7.39. The first-order valence-corrected chi connectivity index (χ1v) is 7.39. The fourth-order valence-corrected chi connectivity index (χ4v) is 2.44. The van der Waals surface area contributed by atoms with Gasteiger partial charge in [-0.05, 0) is 37.2 Å². The molecule has 21 heavy (non-hydrogen) atoms. The first-order chi connectivity index (χ1) is 10.3. The van der Waals surface area contributed by atoms with Crippen LogP contribution in [0.1, 0.15) is 31.0 Å². The Balaban J connectivity index is 2.33. The molecule has 1 unspecified atom stereocenters. The zero-order chi connectivity index (χ0) is 15.1. The lowest BCUT2D eigenvalue weighted by atomic mass is 9.97. The van der Waals surface area contributed by atoms with Gasteiger partial charge in [-0.15, -0.1) is 0 Å². The van der Waals surface area contributed by atoms with Gasteiger partial charge in [0.1, 0.15) is 11.5 Å². The van der Waals surface area contributed by atoms with E-state index in [4.69, 9.17) is 9.47 Å². The molecule has 0 aromatic heterocycles. The van der Waals surface area contributed by atoms with E-state index in [0.29, 0.717) is 6.61 Å². The molecule has 0 spiro atoms. The average molecular weight is 285 g/mol. The topological polar surface area (TPSA) is 30.5 Å². The van der Waals surface area contributed by atoms with Crippen LogP contribution in [0.3, 0.4) is 0 Å². The second-order valence-corrected chi connectivity index (χ2v) is 4.73. The molecule has 1 N–H and O–H groups in total. The van der Waals surface area contributed by atoms with Crippen molar-refractivity contribution in [2.24, 2.45) is 0 Å². The Morgan fingerprint density at radius 2 is 1.71 bits per heavy atom. The van der Waals surface area contributed by atoms with E-state index in [1.165, 1.54) is 5.56 Å². The number of methoxy groups -OCH3 is 1. The largest absolute Gasteiger partial charge is 0.496 e. The Labute approximate surface area is 126 Å². The minimum absolute atomic E-state index is 0.113. The lowest BCUT2D eigenvalue weighted by Crippen LogP contribution is -2.22. The number of benzene rings is 2. The molecule has 0 saturated carbocycles. The summed E-state index contributed by atoms with van der Waals surface area (Å²) in [6, 6.07) is 16.5. The zero-order valence-electron chi connectivity index (χ0n) is 12.9. The van der Waals surface area contributed by atoms with Gasteiger partial charge in [0.25, 0.3) is 0 Å². The van der Waals surface area contributed by atoms with Crippen molar-refractivity contribution in [3.8, 4) is 11.5 Å². The van der Waals surface area contributed by atoms with E-state index in [0.717, 1.165) is 23.6 Å². The fraction of sp³-hybridized carbons (Fsp3) is 0.333. The van der Waals surface area contributed by atoms with Crippen molar-refractivity contribution < 1.29 is 9.47 Å². The van der Waals surface area contributed by atoms with Crippen LogP contribution in [0.15, 0.2) is 48.5 Å². The predicted molar refractivity (Wildman–Crippen MR) is 86.1 cm³/mol. The number of hydrogen-bond acceptors (Lipinski definition) is 3. The lowest BCUT2D eigenvalue weighted by molar-refractivity contribution is 0.340. The summed E-state index contributed by atoms with van der Waals surface area (Å²) in [4.78, 5) is 0. The van der Waals surface area contributed by atoms with Gasteiger partial charge in [-0.25, -0.2) is 0 Å². The molecule has 2 aromatic rings. The number of para-hydroxylation sites is 1. The summed E-state index contributed by atoms with van der Waals surface area (Å²) < 4.78 is 11.0. The van der Waals surface area contributed by atoms with Gasteiger partial charge in [0, 0.05) is 5.56 Å². The Hall–Kier alpha value is -2.00. The molecular formula is C18H23NO2. The number of nitrogens with one attached hydrogen (secondary N) is 1. The van der Waals surface area contributed by atoms with E-state index in [1.807, 2.05) is 37.3 Å². The standard InChI is InChI=1S/C18H23NO2/c1-4-19-18(16-8-6-7-9-17(16)20-3)14-10-12-15(13-11-14)21-5-2/h6-13,18-19H,4-5H2,1-3H3. The molecule has 3 heteroatoms. The molecule has 2 aromatic carbocycles. The molecule has 0 saturated heterocycles. The molecule has 0 heterocycles. The lowest BCUT2D eigenvalue weighted by Gasteiger charge is -2.21.